The molecular weight excluding hydrogens is 470 g/mol. The van der Waals surface area contributed by atoms with Crippen LogP contribution < -0.4 is 26.8 Å². The van der Waals surface area contributed by atoms with E-state index in [0.29, 0.717) is 0 Å². The predicted octanol–water partition coefficient (Wildman–Crippen LogP) is 3.69. The zero-order valence-corrected chi connectivity index (χ0v) is 19.6. The number of carbonyl (C=O) groups is 1. The summed E-state index contributed by atoms with van der Waals surface area (Å²) < 4.78 is 0. The molecule has 1 atom stereocenters. The molecule has 2 heterocycles. The van der Waals surface area contributed by atoms with Crippen molar-refractivity contribution < 1.29 is 9.90 Å². The fourth-order valence-corrected chi connectivity index (χ4v) is 4.08. The van der Waals surface area contributed by atoms with Crippen molar-refractivity contribution in [2.75, 3.05) is 16.0 Å². The van der Waals surface area contributed by atoms with Gasteiger partial charge in [-0.05, 0) is 40.8 Å². The number of nitrogens with one attached hydrogen (secondary N) is 3. The quantitative estimate of drug-likeness (QED) is 0.215. The van der Waals surface area contributed by atoms with Crippen LogP contribution in [-0.2, 0) is 17.8 Å². The molecule has 2 aromatic heterocycles. The lowest BCUT2D eigenvalue weighted by Gasteiger charge is -2.20. The molecule has 9 heteroatoms. The molecule has 0 amide bonds. The summed E-state index contributed by atoms with van der Waals surface area (Å²) in [4.78, 5) is 44.7. The van der Waals surface area contributed by atoms with Gasteiger partial charge in [-0.15, -0.1) is 0 Å². The molecule has 0 spiro atoms. The van der Waals surface area contributed by atoms with Crippen LogP contribution in [0.5, 0.6) is 0 Å². The monoisotopic (exact) mass is 493 g/mol. The second kappa shape index (κ2) is 10.3. The summed E-state index contributed by atoms with van der Waals surface area (Å²) in [7, 11) is 0. The second-order valence-corrected chi connectivity index (χ2v) is 8.56. The predicted molar refractivity (Wildman–Crippen MR) is 143 cm³/mol. The molecule has 0 aliphatic heterocycles. The van der Waals surface area contributed by atoms with Crippen molar-refractivity contribution in [3.8, 4) is 0 Å². The number of hydrogen-bond donors (Lipinski definition) is 4. The van der Waals surface area contributed by atoms with E-state index in [1.807, 2.05) is 60.7 Å². The van der Waals surface area contributed by atoms with E-state index < -0.39 is 22.9 Å². The van der Waals surface area contributed by atoms with Gasteiger partial charge in [0.25, 0.3) is 10.9 Å². The standard InChI is InChI=1S/C28H23N5O4/c34-25-23(31-16-18-4-3-12-29-15-18)24(26(25)35)33-22(28(36)37)14-17-7-9-20(10-8-17)32-27-21-6-2-1-5-19(21)11-13-30-27/h1-13,15,22,31,33H,14,16H2,(H,30,32)(H,36,37)/t22-/m0/s1. The molecule has 0 aliphatic rings. The summed E-state index contributed by atoms with van der Waals surface area (Å²) in [5.41, 5.74) is 1.04. The summed E-state index contributed by atoms with van der Waals surface area (Å²) in [5, 5.41) is 20.8. The van der Waals surface area contributed by atoms with E-state index >= 15 is 0 Å². The van der Waals surface area contributed by atoms with Crippen LogP contribution in [0.3, 0.4) is 0 Å². The number of carboxylic acid groups (broad SMARTS) is 1. The molecule has 5 aromatic rings. The van der Waals surface area contributed by atoms with E-state index in [-0.39, 0.29) is 24.3 Å². The number of pyridine rings is 2. The molecule has 0 fully saturated rings. The Morgan fingerprint density at radius 3 is 2.41 bits per heavy atom. The first-order valence-corrected chi connectivity index (χ1v) is 11.6. The summed E-state index contributed by atoms with van der Waals surface area (Å²) in [6, 6.07) is 19.7. The molecule has 0 aliphatic carbocycles. The van der Waals surface area contributed by atoms with Gasteiger partial charge in [-0.3, -0.25) is 14.6 Å². The molecule has 0 saturated heterocycles. The van der Waals surface area contributed by atoms with Crippen molar-refractivity contribution in [1.82, 2.24) is 9.97 Å². The molecule has 0 saturated carbocycles. The lowest BCUT2D eigenvalue weighted by Crippen LogP contribution is -2.42. The average molecular weight is 494 g/mol. The Morgan fingerprint density at radius 2 is 1.65 bits per heavy atom. The van der Waals surface area contributed by atoms with Gasteiger partial charge >= 0.3 is 5.97 Å². The largest absolute Gasteiger partial charge is 0.480 e. The highest BCUT2D eigenvalue weighted by Gasteiger charge is 2.26. The third-order valence-corrected chi connectivity index (χ3v) is 6.05. The highest BCUT2D eigenvalue weighted by atomic mass is 16.4. The second-order valence-electron chi connectivity index (χ2n) is 8.56. The summed E-state index contributed by atoms with van der Waals surface area (Å²) in [6.45, 7) is 0.283. The lowest BCUT2D eigenvalue weighted by atomic mass is 10.0. The molecule has 5 rings (SSSR count). The number of anilines is 4. The summed E-state index contributed by atoms with van der Waals surface area (Å²) in [5.74, 6) is -0.407. The van der Waals surface area contributed by atoms with Gasteiger partial charge in [-0.25, -0.2) is 9.78 Å². The number of aliphatic carboxylic acids is 1. The Balaban J connectivity index is 1.27. The molecule has 0 radical (unpaired) electrons. The Kier molecular flexibility index (Phi) is 6.58. The van der Waals surface area contributed by atoms with Gasteiger partial charge in [-0.2, -0.15) is 0 Å². The first kappa shape index (κ1) is 23.7. The maximum absolute atomic E-state index is 12.2. The first-order valence-electron chi connectivity index (χ1n) is 11.6. The molecular formula is C28H23N5O4. The van der Waals surface area contributed by atoms with Crippen LogP contribution in [0.25, 0.3) is 10.8 Å². The fourth-order valence-electron chi connectivity index (χ4n) is 4.08. The zero-order valence-electron chi connectivity index (χ0n) is 19.6. The fraction of sp³-hybridized carbons (Fsp3) is 0.107. The van der Waals surface area contributed by atoms with Crippen molar-refractivity contribution in [2.45, 2.75) is 19.0 Å². The number of fused-ring (bicyclic) bond motifs is 1. The van der Waals surface area contributed by atoms with Gasteiger partial charge in [-0.1, -0.05) is 42.5 Å². The summed E-state index contributed by atoms with van der Waals surface area (Å²) >= 11 is 0. The highest BCUT2D eigenvalue weighted by Crippen LogP contribution is 2.25. The van der Waals surface area contributed by atoms with E-state index in [2.05, 4.69) is 25.9 Å². The number of hydrogen-bond acceptors (Lipinski definition) is 8. The van der Waals surface area contributed by atoms with Crippen LogP contribution in [0.4, 0.5) is 22.9 Å². The van der Waals surface area contributed by atoms with Crippen molar-refractivity contribution in [3.63, 3.8) is 0 Å². The topological polar surface area (TPSA) is 133 Å². The van der Waals surface area contributed by atoms with E-state index in [0.717, 1.165) is 33.4 Å². The van der Waals surface area contributed by atoms with Crippen molar-refractivity contribution in [3.05, 3.63) is 117 Å². The van der Waals surface area contributed by atoms with E-state index in [1.54, 1.807) is 24.7 Å². The maximum Gasteiger partial charge on any atom is 0.326 e. The molecule has 9 nitrogen and oxygen atoms in total. The highest BCUT2D eigenvalue weighted by molar-refractivity contribution is 5.93. The maximum atomic E-state index is 12.2. The minimum atomic E-state index is -1.13. The lowest BCUT2D eigenvalue weighted by molar-refractivity contribution is -0.137. The van der Waals surface area contributed by atoms with Gasteiger partial charge in [0.15, 0.2) is 0 Å². The van der Waals surface area contributed by atoms with Crippen LogP contribution in [0.15, 0.2) is 94.9 Å². The third kappa shape index (κ3) is 5.15. The molecule has 3 aromatic carbocycles. The SMILES string of the molecule is O=C(O)[C@H](Cc1ccc(Nc2nccc3ccccc23)cc1)Nc1c(NCc2cccnc2)c(=O)c1=O. The normalized spacial score (nSPS) is 11.8. The van der Waals surface area contributed by atoms with Crippen LogP contribution >= 0.6 is 0 Å². The van der Waals surface area contributed by atoms with E-state index in [9.17, 15) is 19.5 Å². The average Bonchev–Trinajstić information content (AvgIpc) is 2.93. The minimum Gasteiger partial charge on any atom is -0.480 e. The molecule has 184 valence electrons. The Morgan fingerprint density at radius 1 is 0.865 bits per heavy atom. The van der Waals surface area contributed by atoms with Gasteiger partial charge in [0.2, 0.25) is 0 Å². The van der Waals surface area contributed by atoms with Crippen molar-refractivity contribution in [2.24, 2.45) is 0 Å². The minimum absolute atomic E-state index is 0.0124. The number of rotatable bonds is 10. The summed E-state index contributed by atoms with van der Waals surface area (Å²) in [6.07, 6.45) is 5.13. The van der Waals surface area contributed by atoms with Crippen LogP contribution in [0.1, 0.15) is 11.1 Å². The zero-order chi connectivity index (χ0) is 25.8. The number of aromatic nitrogens is 2. The first-order chi connectivity index (χ1) is 18.0. The Hall–Kier alpha value is -5.05. The van der Waals surface area contributed by atoms with Gasteiger partial charge in [0.1, 0.15) is 23.2 Å². The number of carboxylic acids is 1. The van der Waals surface area contributed by atoms with Crippen molar-refractivity contribution >= 4 is 39.6 Å². The molecule has 37 heavy (non-hydrogen) atoms. The van der Waals surface area contributed by atoms with Crippen molar-refractivity contribution in [1.29, 1.82) is 0 Å². The molecule has 0 unspecified atom stereocenters. The Labute approximate surface area is 211 Å². The van der Waals surface area contributed by atoms with Crippen LogP contribution in [0.2, 0.25) is 0 Å². The molecule has 0 bridgehead atoms. The molecule has 4 N–H and O–H groups in total. The van der Waals surface area contributed by atoms with Gasteiger partial charge in [0, 0.05) is 42.6 Å². The van der Waals surface area contributed by atoms with Crippen LogP contribution in [0, 0.1) is 0 Å². The third-order valence-electron chi connectivity index (χ3n) is 6.05. The smallest absolute Gasteiger partial charge is 0.326 e. The van der Waals surface area contributed by atoms with Gasteiger partial charge in [0.05, 0.1) is 0 Å². The van der Waals surface area contributed by atoms with Crippen LogP contribution in [-0.4, -0.2) is 27.1 Å². The number of benzene rings is 2. The van der Waals surface area contributed by atoms with Gasteiger partial charge < -0.3 is 21.1 Å². The van der Waals surface area contributed by atoms with E-state index in [1.165, 1.54) is 0 Å². The van der Waals surface area contributed by atoms with E-state index in [4.69, 9.17) is 0 Å². The number of nitrogens with zero attached hydrogens (tertiary/aromatic N) is 2. The Bertz CT molecular complexity index is 1620.